The highest BCUT2D eigenvalue weighted by Gasteiger charge is 2.19. The lowest BCUT2D eigenvalue weighted by atomic mass is 9.99. The molecule has 1 aliphatic carbocycles. The van der Waals surface area contributed by atoms with Crippen LogP contribution in [0.4, 0.5) is 0 Å². The Bertz CT molecular complexity index is 572. The van der Waals surface area contributed by atoms with Crippen molar-refractivity contribution in [1.82, 2.24) is 0 Å². The van der Waals surface area contributed by atoms with Gasteiger partial charge in [0.05, 0.1) is 6.10 Å². The summed E-state index contributed by atoms with van der Waals surface area (Å²) >= 11 is 0. The minimum atomic E-state index is -0.316. The van der Waals surface area contributed by atoms with Gasteiger partial charge in [-0.3, -0.25) is 0 Å². The van der Waals surface area contributed by atoms with E-state index in [2.05, 4.69) is 49.4 Å². The molecule has 0 fully saturated rings. The number of benzene rings is 2. The molecular formula is C17H18O. The fourth-order valence-corrected chi connectivity index (χ4v) is 2.81. The Balaban J connectivity index is 1.98. The zero-order chi connectivity index (χ0) is 12.5. The lowest BCUT2D eigenvalue weighted by molar-refractivity contribution is 0.166. The smallest absolute Gasteiger partial charge is 0.0790 e. The molecule has 0 saturated heterocycles. The van der Waals surface area contributed by atoms with Crippen molar-refractivity contribution in [2.75, 3.05) is 0 Å². The van der Waals surface area contributed by atoms with Crippen molar-refractivity contribution in [3.63, 3.8) is 0 Å². The van der Waals surface area contributed by atoms with Crippen LogP contribution in [0, 0.1) is 0 Å². The third kappa shape index (κ3) is 1.85. The molecule has 2 aromatic carbocycles. The molecule has 3 rings (SSSR count). The normalized spacial score (nSPS) is 14.1. The highest BCUT2D eigenvalue weighted by atomic mass is 16.3. The van der Waals surface area contributed by atoms with Crippen molar-refractivity contribution < 1.29 is 5.11 Å². The maximum absolute atomic E-state index is 10.1. The number of hydrogen-bond acceptors (Lipinski definition) is 1. The number of hydrogen-bond donors (Lipinski definition) is 1. The summed E-state index contributed by atoms with van der Waals surface area (Å²) in [7, 11) is 0. The molecule has 0 bridgehead atoms. The van der Waals surface area contributed by atoms with E-state index in [1.807, 2.05) is 0 Å². The van der Waals surface area contributed by atoms with E-state index in [1.165, 1.54) is 22.3 Å². The molecule has 92 valence electrons. The SMILES string of the molecule is CCCC(O)c1ccc2c(c1)Cc1ccccc1-2. The first-order valence-corrected chi connectivity index (χ1v) is 6.68. The zero-order valence-corrected chi connectivity index (χ0v) is 10.7. The van der Waals surface area contributed by atoms with Crippen LogP contribution in [0.15, 0.2) is 42.5 Å². The molecule has 1 N–H and O–H groups in total. The molecule has 1 heteroatoms. The van der Waals surface area contributed by atoms with Gasteiger partial charge in [0, 0.05) is 0 Å². The molecule has 0 aliphatic heterocycles. The summed E-state index contributed by atoms with van der Waals surface area (Å²) in [5.41, 5.74) is 6.49. The molecule has 18 heavy (non-hydrogen) atoms. The number of aliphatic hydroxyl groups is 1. The fraction of sp³-hybridized carbons (Fsp3) is 0.294. The van der Waals surface area contributed by atoms with Gasteiger partial charge in [-0.15, -0.1) is 0 Å². The molecule has 0 heterocycles. The van der Waals surface area contributed by atoms with Gasteiger partial charge >= 0.3 is 0 Å². The second kappa shape index (κ2) is 4.58. The Morgan fingerprint density at radius 3 is 2.67 bits per heavy atom. The van der Waals surface area contributed by atoms with E-state index in [0.29, 0.717) is 0 Å². The summed E-state index contributed by atoms with van der Waals surface area (Å²) < 4.78 is 0. The predicted octanol–water partition coefficient (Wildman–Crippen LogP) is 4.09. The molecule has 0 aromatic heterocycles. The predicted molar refractivity (Wildman–Crippen MR) is 74.6 cm³/mol. The summed E-state index contributed by atoms with van der Waals surface area (Å²) in [6, 6.07) is 15.0. The van der Waals surface area contributed by atoms with Crippen LogP contribution in [0.1, 0.15) is 42.6 Å². The largest absolute Gasteiger partial charge is 0.388 e. The second-order valence-electron chi connectivity index (χ2n) is 5.05. The highest BCUT2D eigenvalue weighted by Crippen LogP contribution is 2.37. The van der Waals surface area contributed by atoms with E-state index in [4.69, 9.17) is 0 Å². The van der Waals surface area contributed by atoms with Gasteiger partial charge in [0.25, 0.3) is 0 Å². The summed E-state index contributed by atoms with van der Waals surface area (Å²) in [5, 5.41) is 10.1. The third-order valence-electron chi connectivity index (χ3n) is 3.76. The van der Waals surface area contributed by atoms with Crippen LogP contribution in [0.3, 0.4) is 0 Å². The quantitative estimate of drug-likeness (QED) is 0.728. The average Bonchev–Trinajstić information content (AvgIpc) is 2.76. The van der Waals surface area contributed by atoms with Crippen LogP contribution in [0.2, 0.25) is 0 Å². The Hall–Kier alpha value is -1.60. The molecule has 1 aliphatic rings. The molecule has 0 spiro atoms. The van der Waals surface area contributed by atoms with Crippen molar-refractivity contribution in [1.29, 1.82) is 0 Å². The first-order chi connectivity index (χ1) is 8.79. The van der Waals surface area contributed by atoms with Gasteiger partial charge < -0.3 is 5.11 Å². The van der Waals surface area contributed by atoms with Gasteiger partial charge in [0.2, 0.25) is 0 Å². The molecule has 0 saturated carbocycles. The van der Waals surface area contributed by atoms with Crippen LogP contribution in [-0.2, 0) is 6.42 Å². The molecule has 0 amide bonds. The van der Waals surface area contributed by atoms with Crippen molar-refractivity contribution >= 4 is 0 Å². The van der Waals surface area contributed by atoms with Gasteiger partial charge in [-0.05, 0) is 40.7 Å². The van der Waals surface area contributed by atoms with Gasteiger partial charge in [-0.2, -0.15) is 0 Å². The van der Waals surface area contributed by atoms with E-state index in [0.717, 1.165) is 24.8 Å². The summed E-state index contributed by atoms with van der Waals surface area (Å²) in [6.45, 7) is 2.10. The lowest BCUT2D eigenvalue weighted by Crippen LogP contribution is -1.97. The van der Waals surface area contributed by atoms with E-state index < -0.39 is 0 Å². The van der Waals surface area contributed by atoms with E-state index in [1.54, 1.807) is 0 Å². The number of rotatable bonds is 3. The van der Waals surface area contributed by atoms with Crippen molar-refractivity contribution in [2.45, 2.75) is 32.3 Å². The molecule has 2 aromatic rings. The zero-order valence-electron chi connectivity index (χ0n) is 10.7. The van der Waals surface area contributed by atoms with E-state index in [-0.39, 0.29) is 6.10 Å². The number of aliphatic hydroxyl groups excluding tert-OH is 1. The number of fused-ring (bicyclic) bond motifs is 3. The Kier molecular flexibility index (Phi) is 2.92. The monoisotopic (exact) mass is 238 g/mol. The molecule has 0 radical (unpaired) electrons. The summed E-state index contributed by atoms with van der Waals surface area (Å²) in [5.74, 6) is 0. The lowest BCUT2D eigenvalue weighted by Gasteiger charge is -2.11. The third-order valence-corrected chi connectivity index (χ3v) is 3.76. The summed E-state index contributed by atoms with van der Waals surface area (Å²) in [4.78, 5) is 0. The van der Waals surface area contributed by atoms with Crippen LogP contribution in [0.25, 0.3) is 11.1 Å². The Morgan fingerprint density at radius 1 is 1.06 bits per heavy atom. The van der Waals surface area contributed by atoms with Gasteiger partial charge in [-0.25, -0.2) is 0 Å². The van der Waals surface area contributed by atoms with Crippen LogP contribution < -0.4 is 0 Å². The molecule has 1 unspecified atom stereocenters. The molecule has 1 nitrogen and oxygen atoms in total. The van der Waals surface area contributed by atoms with Crippen LogP contribution in [-0.4, -0.2) is 5.11 Å². The first kappa shape index (κ1) is 11.5. The summed E-state index contributed by atoms with van der Waals surface area (Å²) in [6.07, 6.45) is 2.53. The van der Waals surface area contributed by atoms with E-state index in [9.17, 15) is 5.11 Å². The first-order valence-electron chi connectivity index (χ1n) is 6.68. The fourth-order valence-electron chi connectivity index (χ4n) is 2.81. The maximum atomic E-state index is 10.1. The van der Waals surface area contributed by atoms with Crippen molar-refractivity contribution in [3.8, 4) is 11.1 Å². The van der Waals surface area contributed by atoms with Crippen LogP contribution in [0.5, 0.6) is 0 Å². The van der Waals surface area contributed by atoms with Gasteiger partial charge in [0.15, 0.2) is 0 Å². The second-order valence-corrected chi connectivity index (χ2v) is 5.05. The highest BCUT2D eigenvalue weighted by molar-refractivity contribution is 5.76. The van der Waals surface area contributed by atoms with E-state index >= 15 is 0 Å². The average molecular weight is 238 g/mol. The van der Waals surface area contributed by atoms with Gasteiger partial charge in [-0.1, -0.05) is 55.8 Å². The Morgan fingerprint density at radius 2 is 1.83 bits per heavy atom. The van der Waals surface area contributed by atoms with Gasteiger partial charge in [0.1, 0.15) is 0 Å². The van der Waals surface area contributed by atoms with Crippen molar-refractivity contribution in [2.24, 2.45) is 0 Å². The molecular weight excluding hydrogens is 220 g/mol. The minimum absolute atomic E-state index is 0.316. The van der Waals surface area contributed by atoms with Crippen LogP contribution >= 0.6 is 0 Å². The Labute approximate surface area is 108 Å². The van der Waals surface area contributed by atoms with Crippen molar-refractivity contribution in [3.05, 3.63) is 59.2 Å². The standard InChI is InChI=1S/C17H18O/c1-2-5-17(18)13-8-9-16-14(11-13)10-12-6-3-4-7-15(12)16/h3-4,6-9,11,17-18H,2,5,10H2,1H3. The minimum Gasteiger partial charge on any atom is -0.388 e. The topological polar surface area (TPSA) is 20.2 Å². The molecule has 1 atom stereocenters. The maximum Gasteiger partial charge on any atom is 0.0790 e.